The average molecular weight is 311 g/mol. The molecule has 0 aliphatic carbocycles. The first kappa shape index (κ1) is 15.2. The van der Waals surface area contributed by atoms with Crippen LogP contribution in [0, 0.1) is 21.7 Å². The van der Waals surface area contributed by atoms with Crippen LogP contribution in [0.25, 0.3) is 0 Å². The Labute approximate surface area is 123 Å². The molecule has 1 aromatic heterocycles. The summed E-state index contributed by atoms with van der Waals surface area (Å²) in [6.45, 7) is 2.48. The van der Waals surface area contributed by atoms with Crippen molar-refractivity contribution in [2.45, 2.75) is 16.8 Å². The molecule has 1 aromatic carbocycles. The minimum Gasteiger partial charge on any atom is -0.370 e. The van der Waals surface area contributed by atoms with Gasteiger partial charge in [-0.3, -0.25) is 10.1 Å². The lowest BCUT2D eigenvalue weighted by molar-refractivity contribution is -0.388. The number of aromatic nitrogens is 1. The Balaban J connectivity index is 2.37. The van der Waals surface area contributed by atoms with E-state index in [1.54, 1.807) is 0 Å². The number of nitro groups is 1. The first-order valence-corrected chi connectivity index (χ1v) is 6.85. The molecule has 2 rings (SSSR count). The second-order valence-electron chi connectivity index (χ2n) is 3.99. The van der Waals surface area contributed by atoms with Crippen molar-refractivity contribution in [1.29, 1.82) is 0 Å². The van der Waals surface area contributed by atoms with Gasteiger partial charge in [0.15, 0.2) is 16.7 Å². The van der Waals surface area contributed by atoms with E-state index >= 15 is 0 Å². The van der Waals surface area contributed by atoms with E-state index in [2.05, 4.69) is 10.3 Å². The van der Waals surface area contributed by atoms with Gasteiger partial charge in [-0.2, -0.15) is 0 Å². The quantitative estimate of drug-likeness (QED) is 0.671. The molecule has 0 bridgehead atoms. The molecule has 0 amide bonds. The lowest BCUT2D eigenvalue weighted by Crippen LogP contribution is -2.01. The molecule has 1 N–H and O–H groups in total. The van der Waals surface area contributed by atoms with E-state index in [1.165, 1.54) is 18.2 Å². The van der Waals surface area contributed by atoms with Crippen LogP contribution in [0.15, 0.2) is 40.3 Å². The predicted molar refractivity (Wildman–Crippen MR) is 75.5 cm³/mol. The fourth-order valence-electron chi connectivity index (χ4n) is 1.58. The van der Waals surface area contributed by atoms with Gasteiger partial charge >= 0.3 is 5.69 Å². The van der Waals surface area contributed by atoms with E-state index in [9.17, 15) is 18.9 Å². The molecule has 0 fully saturated rings. The van der Waals surface area contributed by atoms with E-state index in [4.69, 9.17) is 0 Å². The van der Waals surface area contributed by atoms with Crippen LogP contribution in [0.4, 0.5) is 20.3 Å². The Morgan fingerprint density at radius 2 is 2.05 bits per heavy atom. The van der Waals surface area contributed by atoms with Crippen LogP contribution in [0.5, 0.6) is 0 Å². The van der Waals surface area contributed by atoms with Crippen molar-refractivity contribution < 1.29 is 13.7 Å². The third-order valence-electron chi connectivity index (χ3n) is 2.50. The summed E-state index contributed by atoms with van der Waals surface area (Å²) >= 11 is 0.906. The average Bonchev–Trinajstić information content (AvgIpc) is 2.43. The number of nitrogens with zero attached hydrogens (tertiary/aromatic N) is 2. The summed E-state index contributed by atoms with van der Waals surface area (Å²) in [4.78, 5) is 14.9. The van der Waals surface area contributed by atoms with Gasteiger partial charge in [0.25, 0.3) is 0 Å². The van der Waals surface area contributed by atoms with Gasteiger partial charge in [0, 0.05) is 17.5 Å². The van der Waals surface area contributed by atoms with Crippen LogP contribution in [0.2, 0.25) is 0 Å². The van der Waals surface area contributed by atoms with E-state index in [0.717, 1.165) is 23.9 Å². The molecular weight excluding hydrogens is 300 g/mol. The van der Waals surface area contributed by atoms with Gasteiger partial charge in [-0.25, -0.2) is 13.8 Å². The monoisotopic (exact) mass is 311 g/mol. The summed E-state index contributed by atoms with van der Waals surface area (Å²) < 4.78 is 26.1. The Bertz CT molecular complexity index is 682. The van der Waals surface area contributed by atoms with Gasteiger partial charge in [-0.05, 0) is 31.2 Å². The zero-order valence-electron chi connectivity index (χ0n) is 11.0. The minimum atomic E-state index is -1.01. The minimum absolute atomic E-state index is 0.115. The van der Waals surface area contributed by atoms with Crippen molar-refractivity contribution in [2.75, 3.05) is 11.9 Å². The normalized spacial score (nSPS) is 10.4. The zero-order chi connectivity index (χ0) is 15.4. The summed E-state index contributed by atoms with van der Waals surface area (Å²) in [5.74, 6) is -1.50. The van der Waals surface area contributed by atoms with E-state index in [0.29, 0.717) is 17.3 Å². The van der Waals surface area contributed by atoms with Gasteiger partial charge in [0.1, 0.15) is 5.82 Å². The Morgan fingerprint density at radius 3 is 2.67 bits per heavy atom. The molecule has 0 atom stereocenters. The SMILES string of the molecule is CCNc1ccc([N+](=O)[O-])c(Sc2ccc(F)c(F)c2)n1. The van der Waals surface area contributed by atoms with E-state index < -0.39 is 16.6 Å². The highest BCUT2D eigenvalue weighted by atomic mass is 32.2. The third kappa shape index (κ3) is 3.66. The molecular formula is C13H11F2N3O2S. The highest BCUT2D eigenvalue weighted by Gasteiger charge is 2.18. The van der Waals surface area contributed by atoms with Crippen molar-refractivity contribution in [1.82, 2.24) is 4.98 Å². The van der Waals surface area contributed by atoms with Crippen molar-refractivity contribution in [3.63, 3.8) is 0 Å². The second kappa shape index (κ2) is 6.49. The fourth-order valence-corrected chi connectivity index (χ4v) is 2.49. The van der Waals surface area contributed by atoms with Gasteiger partial charge < -0.3 is 5.32 Å². The second-order valence-corrected chi connectivity index (χ2v) is 5.05. The maximum atomic E-state index is 13.2. The van der Waals surface area contributed by atoms with E-state index in [-0.39, 0.29) is 10.7 Å². The molecule has 2 aromatic rings. The van der Waals surface area contributed by atoms with Crippen molar-refractivity contribution >= 4 is 23.3 Å². The Kier molecular flexibility index (Phi) is 4.69. The summed E-state index contributed by atoms with van der Waals surface area (Å²) in [7, 11) is 0. The van der Waals surface area contributed by atoms with Crippen LogP contribution in [0.3, 0.4) is 0 Å². The fraction of sp³-hybridized carbons (Fsp3) is 0.154. The summed E-state index contributed by atoms with van der Waals surface area (Å²) in [6, 6.07) is 6.11. The van der Waals surface area contributed by atoms with Crippen LogP contribution in [-0.4, -0.2) is 16.5 Å². The first-order valence-electron chi connectivity index (χ1n) is 6.03. The third-order valence-corrected chi connectivity index (χ3v) is 3.48. The molecule has 21 heavy (non-hydrogen) atoms. The lowest BCUT2D eigenvalue weighted by atomic mass is 10.3. The van der Waals surface area contributed by atoms with Crippen LogP contribution in [-0.2, 0) is 0 Å². The number of rotatable bonds is 5. The van der Waals surface area contributed by atoms with Crippen molar-refractivity contribution in [3.8, 4) is 0 Å². The molecule has 1 heterocycles. The molecule has 0 saturated heterocycles. The maximum Gasteiger partial charge on any atom is 0.301 e. The van der Waals surface area contributed by atoms with Crippen LogP contribution >= 0.6 is 11.8 Å². The molecule has 0 spiro atoms. The number of hydrogen-bond donors (Lipinski definition) is 1. The molecule has 110 valence electrons. The number of hydrogen-bond acceptors (Lipinski definition) is 5. The van der Waals surface area contributed by atoms with Gasteiger partial charge in [0.05, 0.1) is 4.92 Å². The Hall–Kier alpha value is -2.22. The highest BCUT2D eigenvalue weighted by Crippen LogP contribution is 2.34. The number of halogens is 2. The van der Waals surface area contributed by atoms with Crippen molar-refractivity contribution in [2.24, 2.45) is 0 Å². The number of anilines is 1. The topological polar surface area (TPSA) is 68.1 Å². The molecule has 0 aliphatic rings. The smallest absolute Gasteiger partial charge is 0.301 e. The summed E-state index contributed by atoms with van der Waals surface area (Å²) in [5, 5.41) is 14.1. The number of nitrogens with one attached hydrogen (secondary N) is 1. The molecule has 0 aliphatic heterocycles. The summed E-state index contributed by atoms with van der Waals surface area (Å²) in [6.07, 6.45) is 0. The zero-order valence-corrected chi connectivity index (χ0v) is 11.8. The molecule has 5 nitrogen and oxygen atoms in total. The van der Waals surface area contributed by atoms with E-state index in [1.807, 2.05) is 6.92 Å². The highest BCUT2D eigenvalue weighted by molar-refractivity contribution is 7.99. The van der Waals surface area contributed by atoms with Gasteiger partial charge in [-0.1, -0.05) is 11.8 Å². The first-order chi connectivity index (χ1) is 10.0. The maximum absolute atomic E-state index is 13.2. The molecule has 8 heteroatoms. The Morgan fingerprint density at radius 1 is 1.29 bits per heavy atom. The van der Waals surface area contributed by atoms with Crippen molar-refractivity contribution in [3.05, 3.63) is 52.1 Å². The largest absolute Gasteiger partial charge is 0.370 e. The number of pyridine rings is 1. The standard InChI is InChI=1S/C13H11F2N3O2S/c1-2-16-12-6-5-11(18(19)20)13(17-12)21-8-3-4-9(14)10(15)7-8/h3-7H,2H2,1H3,(H,16,17). The molecule has 0 saturated carbocycles. The molecule has 0 unspecified atom stereocenters. The molecule has 0 radical (unpaired) electrons. The van der Waals surface area contributed by atoms with Crippen LogP contribution in [0.1, 0.15) is 6.92 Å². The van der Waals surface area contributed by atoms with Gasteiger partial charge in [-0.15, -0.1) is 0 Å². The predicted octanol–water partition coefficient (Wildman–Crippen LogP) is 3.85. The summed E-state index contributed by atoms with van der Waals surface area (Å²) in [5.41, 5.74) is -0.189. The number of benzene rings is 1. The van der Waals surface area contributed by atoms with Crippen LogP contribution < -0.4 is 5.32 Å². The van der Waals surface area contributed by atoms with Gasteiger partial charge in [0.2, 0.25) is 0 Å². The lowest BCUT2D eigenvalue weighted by Gasteiger charge is -2.06.